The Hall–Kier alpha value is -3.71. The van der Waals surface area contributed by atoms with E-state index in [2.05, 4.69) is 16.0 Å². The quantitative estimate of drug-likeness (QED) is 0.455. The molecular formula is C25H25N3O3S. The van der Waals surface area contributed by atoms with Crippen molar-refractivity contribution in [1.29, 1.82) is 0 Å². The van der Waals surface area contributed by atoms with Gasteiger partial charge >= 0.3 is 0 Å². The molecule has 0 fully saturated rings. The first-order valence-electron chi connectivity index (χ1n) is 10.2. The van der Waals surface area contributed by atoms with Crippen molar-refractivity contribution in [3.05, 3.63) is 89.5 Å². The predicted octanol–water partition coefficient (Wildman–Crippen LogP) is 5.16. The van der Waals surface area contributed by atoms with Gasteiger partial charge in [0.1, 0.15) is 5.75 Å². The van der Waals surface area contributed by atoms with Gasteiger partial charge in [-0.25, -0.2) is 0 Å². The number of anilines is 2. The molecule has 0 saturated carbocycles. The van der Waals surface area contributed by atoms with Gasteiger partial charge in [-0.3, -0.25) is 14.9 Å². The molecule has 0 aliphatic carbocycles. The van der Waals surface area contributed by atoms with Crippen LogP contribution in [-0.4, -0.2) is 23.0 Å². The zero-order valence-electron chi connectivity index (χ0n) is 18.1. The Bertz CT molecular complexity index is 1110. The summed E-state index contributed by atoms with van der Waals surface area (Å²) in [5, 5.41) is 8.66. The molecule has 3 aromatic carbocycles. The lowest BCUT2D eigenvalue weighted by Crippen LogP contribution is -2.34. The fourth-order valence-electron chi connectivity index (χ4n) is 2.96. The van der Waals surface area contributed by atoms with Crippen molar-refractivity contribution in [2.75, 3.05) is 10.6 Å². The van der Waals surface area contributed by atoms with E-state index in [1.807, 2.05) is 39.0 Å². The van der Waals surface area contributed by atoms with Gasteiger partial charge < -0.3 is 15.4 Å². The van der Waals surface area contributed by atoms with E-state index in [1.54, 1.807) is 54.6 Å². The van der Waals surface area contributed by atoms with Crippen LogP contribution < -0.4 is 20.7 Å². The highest BCUT2D eigenvalue weighted by Gasteiger charge is 2.10. The highest BCUT2D eigenvalue weighted by atomic mass is 32.1. The summed E-state index contributed by atoms with van der Waals surface area (Å²) in [5.41, 5.74) is 3.35. The minimum atomic E-state index is -0.319. The molecule has 0 spiro atoms. The summed E-state index contributed by atoms with van der Waals surface area (Å²) in [4.78, 5) is 24.8. The van der Waals surface area contributed by atoms with Crippen molar-refractivity contribution in [3.63, 3.8) is 0 Å². The molecule has 0 heterocycles. The maximum absolute atomic E-state index is 12.4. The van der Waals surface area contributed by atoms with Crippen LogP contribution >= 0.6 is 12.2 Å². The van der Waals surface area contributed by atoms with Crippen molar-refractivity contribution in [2.24, 2.45) is 0 Å². The van der Waals surface area contributed by atoms with E-state index in [9.17, 15) is 9.59 Å². The average Bonchev–Trinajstić information content (AvgIpc) is 2.75. The number of hydrogen-bond donors (Lipinski definition) is 3. The number of hydrogen-bond acceptors (Lipinski definition) is 4. The van der Waals surface area contributed by atoms with Crippen LogP contribution in [-0.2, 0) is 0 Å². The summed E-state index contributed by atoms with van der Waals surface area (Å²) in [6.07, 6.45) is 0.0635. The second-order valence-corrected chi connectivity index (χ2v) is 7.85. The van der Waals surface area contributed by atoms with Crippen molar-refractivity contribution in [2.45, 2.75) is 26.9 Å². The second-order valence-electron chi connectivity index (χ2n) is 7.45. The topological polar surface area (TPSA) is 79.5 Å². The molecule has 3 N–H and O–H groups in total. The van der Waals surface area contributed by atoms with Gasteiger partial charge in [0.15, 0.2) is 5.11 Å². The van der Waals surface area contributed by atoms with Crippen molar-refractivity contribution < 1.29 is 14.3 Å². The van der Waals surface area contributed by atoms with Gasteiger partial charge in [0.25, 0.3) is 11.8 Å². The minimum Gasteiger partial charge on any atom is -0.491 e. The highest BCUT2D eigenvalue weighted by Crippen LogP contribution is 2.17. The van der Waals surface area contributed by atoms with Gasteiger partial charge in [-0.15, -0.1) is 0 Å². The maximum atomic E-state index is 12.4. The van der Waals surface area contributed by atoms with E-state index >= 15 is 0 Å². The monoisotopic (exact) mass is 447 g/mol. The average molecular weight is 448 g/mol. The smallest absolute Gasteiger partial charge is 0.257 e. The molecule has 6 nitrogen and oxygen atoms in total. The molecule has 164 valence electrons. The van der Waals surface area contributed by atoms with Crippen LogP contribution in [0.1, 0.15) is 40.1 Å². The van der Waals surface area contributed by atoms with Crippen molar-refractivity contribution in [1.82, 2.24) is 5.32 Å². The maximum Gasteiger partial charge on any atom is 0.257 e. The summed E-state index contributed by atoms with van der Waals surface area (Å²) < 4.78 is 5.58. The Kier molecular flexibility index (Phi) is 7.57. The number of thiocarbonyl (C=S) groups is 1. The normalized spacial score (nSPS) is 10.4. The van der Waals surface area contributed by atoms with Gasteiger partial charge in [0.05, 0.1) is 6.10 Å². The molecule has 2 amide bonds. The Balaban J connectivity index is 1.53. The lowest BCUT2D eigenvalue weighted by Gasteiger charge is -2.12. The van der Waals surface area contributed by atoms with E-state index in [-0.39, 0.29) is 23.0 Å². The van der Waals surface area contributed by atoms with Crippen LogP contribution in [0.2, 0.25) is 0 Å². The van der Waals surface area contributed by atoms with Crippen LogP contribution in [0.3, 0.4) is 0 Å². The number of carbonyl (C=O) groups excluding carboxylic acids is 2. The largest absolute Gasteiger partial charge is 0.491 e. The third-order valence-corrected chi connectivity index (χ3v) is 4.71. The van der Waals surface area contributed by atoms with E-state index < -0.39 is 0 Å². The molecule has 7 heteroatoms. The zero-order chi connectivity index (χ0) is 23.1. The predicted molar refractivity (Wildman–Crippen MR) is 131 cm³/mol. The summed E-state index contributed by atoms with van der Waals surface area (Å²) >= 11 is 5.24. The van der Waals surface area contributed by atoms with Crippen molar-refractivity contribution in [3.8, 4) is 5.75 Å². The lowest BCUT2D eigenvalue weighted by atomic mass is 10.1. The van der Waals surface area contributed by atoms with E-state index in [1.165, 1.54) is 0 Å². The summed E-state index contributed by atoms with van der Waals surface area (Å²) in [7, 11) is 0. The van der Waals surface area contributed by atoms with E-state index in [4.69, 9.17) is 17.0 Å². The third kappa shape index (κ3) is 6.39. The number of carbonyl (C=O) groups is 2. The van der Waals surface area contributed by atoms with Crippen molar-refractivity contribution >= 4 is 40.5 Å². The highest BCUT2D eigenvalue weighted by molar-refractivity contribution is 7.80. The lowest BCUT2D eigenvalue weighted by molar-refractivity contribution is 0.0976. The number of aryl methyl sites for hydroxylation is 1. The summed E-state index contributed by atoms with van der Waals surface area (Å²) in [6, 6.07) is 21.3. The molecular weight excluding hydrogens is 422 g/mol. The van der Waals surface area contributed by atoms with Gasteiger partial charge in [-0.2, -0.15) is 0 Å². The third-order valence-electron chi connectivity index (χ3n) is 4.51. The van der Waals surface area contributed by atoms with Gasteiger partial charge in [-0.1, -0.05) is 18.2 Å². The molecule has 0 bridgehead atoms. The van der Waals surface area contributed by atoms with Crippen LogP contribution in [0.15, 0.2) is 72.8 Å². The molecule has 0 aliphatic heterocycles. The van der Waals surface area contributed by atoms with Gasteiger partial charge in [-0.05, 0) is 93.1 Å². The molecule has 32 heavy (non-hydrogen) atoms. The molecule has 0 aromatic heterocycles. The SMILES string of the molecule is Cc1ccccc1C(=O)Nc1ccc(NC(=S)NC(=O)c2ccc(OC(C)C)cc2)cc1. The minimum absolute atomic E-state index is 0.0635. The molecule has 0 aliphatic rings. The van der Waals surface area contributed by atoms with Crippen LogP contribution in [0, 0.1) is 6.92 Å². The molecule has 0 unspecified atom stereocenters. The fourth-order valence-corrected chi connectivity index (χ4v) is 3.17. The Labute approximate surface area is 193 Å². The first-order chi connectivity index (χ1) is 15.3. The first kappa shape index (κ1) is 23.0. The van der Waals surface area contributed by atoms with Gasteiger partial charge in [0, 0.05) is 22.5 Å². The number of rotatable bonds is 6. The number of benzene rings is 3. The van der Waals surface area contributed by atoms with E-state index in [0.29, 0.717) is 28.3 Å². The van der Waals surface area contributed by atoms with Crippen LogP contribution in [0.25, 0.3) is 0 Å². The Morgan fingerprint density at radius 1 is 0.812 bits per heavy atom. The van der Waals surface area contributed by atoms with E-state index in [0.717, 1.165) is 5.56 Å². The van der Waals surface area contributed by atoms with Crippen LogP contribution in [0.4, 0.5) is 11.4 Å². The zero-order valence-corrected chi connectivity index (χ0v) is 19.0. The Morgan fingerprint density at radius 2 is 1.41 bits per heavy atom. The molecule has 0 radical (unpaired) electrons. The Morgan fingerprint density at radius 3 is 2.00 bits per heavy atom. The molecule has 0 atom stereocenters. The van der Waals surface area contributed by atoms with Crippen LogP contribution in [0.5, 0.6) is 5.75 Å². The molecule has 0 saturated heterocycles. The first-order valence-corrected chi connectivity index (χ1v) is 10.6. The number of nitrogens with one attached hydrogen (secondary N) is 3. The summed E-state index contributed by atoms with van der Waals surface area (Å²) in [5.74, 6) is 0.212. The fraction of sp³-hybridized carbons (Fsp3) is 0.160. The molecule has 3 rings (SSSR count). The second kappa shape index (κ2) is 10.5. The standard InChI is InChI=1S/C25H25N3O3S/c1-16(2)31-21-14-8-18(9-15-21)23(29)28-25(32)27-20-12-10-19(11-13-20)26-24(30)22-7-5-4-6-17(22)3/h4-16H,1-3H3,(H,26,30)(H2,27,28,29,32). The number of ether oxygens (including phenoxy) is 1. The summed E-state index contributed by atoms with van der Waals surface area (Å²) in [6.45, 7) is 5.77. The number of amides is 2. The van der Waals surface area contributed by atoms with Gasteiger partial charge in [0.2, 0.25) is 0 Å². The molecule has 3 aromatic rings.